The molecule has 0 aromatic heterocycles. The molecule has 0 bridgehead atoms. The van der Waals surface area contributed by atoms with Gasteiger partial charge in [-0.1, -0.05) is 12.1 Å². The van der Waals surface area contributed by atoms with Crippen LogP contribution in [0.4, 0.5) is 30.7 Å². The maximum atomic E-state index is 12.7. The monoisotopic (exact) mass is 494 g/mol. The smallest absolute Gasteiger partial charge is 0.416 e. The van der Waals surface area contributed by atoms with E-state index in [9.17, 15) is 40.3 Å². The van der Waals surface area contributed by atoms with Gasteiger partial charge in [0, 0.05) is 18.5 Å². The molecule has 0 aliphatic carbocycles. The van der Waals surface area contributed by atoms with E-state index in [0.717, 1.165) is 24.3 Å². The molecule has 0 saturated heterocycles. The molecule has 186 valence electrons. The van der Waals surface area contributed by atoms with Crippen LogP contribution in [0.2, 0.25) is 0 Å². The molecule has 5 nitrogen and oxygen atoms in total. The van der Waals surface area contributed by atoms with E-state index in [1.807, 2.05) is 0 Å². The predicted octanol–water partition coefficient (Wildman–Crippen LogP) is 4.46. The average molecular weight is 494 g/mol. The van der Waals surface area contributed by atoms with Crippen molar-refractivity contribution in [2.24, 2.45) is 0 Å². The Kier molecular flexibility index (Phi) is 9.28. The first-order valence-electron chi connectivity index (χ1n) is 9.99. The zero-order valence-corrected chi connectivity index (χ0v) is 17.6. The van der Waals surface area contributed by atoms with E-state index < -0.39 is 55.5 Å². The maximum Gasteiger partial charge on any atom is 0.416 e. The third-order valence-corrected chi connectivity index (χ3v) is 4.51. The van der Waals surface area contributed by atoms with Gasteiger partial charge < -0.3 is 15.4 Å². The summed E-state index contributed by atoms with van der Waals surface area (Å²) in [6.07, 6.45) is -10.1. The van der Waals surface area contributed by atoms with Crippen molar-refractivity contribution in [2.45, 2.75) is 31.2 Å². The van der Waals surface area contributed by atoms with Crippen LogP contribution in [0.15, 0.2) is 48.5 Å². The Morgan fingerprint density at radius 1 is 0.912 bits per heavy atom. The molecule has 2 aromatic carbocycles. The van der Waals surface area contributed by atoms with Gasteiger partial charge in [-0.2, -0.15) is 26.3 Å². The number of carbonyl (C=O) groups is 2. The molecule has 0 heterocycles. The maximum absolute atomic E-state index is 12.7. The number of amides is 2. The molecule has 2 rings (SSSR count). The van der Waals surface area contributed by atoms with Gasteiger partial charge in [0.1, 0.15) is 18.5 Å². The van der Waals surface area contributed by atoms with Gasteiger partial charge in [0.05, 0.1) is 18.6 Å². The third-order valence-electron chi connectivity index (χ3n) is 4.51. The van der Waals surface area contributed by atoms with E-state index >= 15 is 0 Å². The van der Waals surface area contributed by atoms with Gasteiger partial charge in [0.15, 0.2) is 0 Å². The van der Waals surface area contributed by atoms with Crippen molar-refractivity contribution in [3.63, 3.8) is 0 Å². The summed E-state index contributed by atoms with van der Waals surface area (Å²) in [4.78, 5) is 24.9. The topological polar surface area (TPSA) is 67.4 Å². The summed E-state index contributed by atoms with van der Waals surface area (Å²) in [7, 11) is 0. The number of hydrogen-bond donors (Lipinski definition) is 2. The minimum atomic E-state index is -4.58. The Bertz CT molecular complexity index is 943. The molecule has 0 aliphatic heterocycles. The predicted molar refractivity (Wildman–Crippen MR) is 108 cm³/mol. The van der Waals surface area contributed by atoms with Crippen LogP contribution in [0.5, 0.6) is 5.75 Å². The summed E-state index contributed by atoms with van der Waals surface area (Å²) in [5.74, 6) is -1.37. The lowest BCUT2D eigenvalue weighted by molar-refractivity contribution is -0.139. The van der Waals surface area contributed by atoms with Crippen molar-refractivity contribution in [1.29, 1.82) is 0 Å². The van der Waals surface area contributed by atoms with Crippen LogP contribution in [0.25, 0.3) is 0 Å². The Hall–Kier alpha value is -3.31. The molecular formula is C22H21F7N2O3. The van der Waals surface area contributed by atoms with Crippen LogP contribution in [0, 0.1) is 0 Å². The van der Waals surface area contributed by atoms with E-state index in [2.05, 4.69) is 10.6 Å². The first kappa shape index (κ1) is 26.9. The van der Waals surface area contributed by atoms with Crippen LogP contribution in [-0.4, -0.2) is 43.9 Å². The van der Waals surface area contributed by atoms with E-state index in [1.54, 1.807) is 0 Å². The van der Waals surface area contributed by atoms with Gasteiger partial charge in [-0.3, -0.25) is 9.59 Å². The molecule has 0 spiro atoms. The summed E-state index contributed by atoms with van der Waals surface area (Å²) in [6.45, 7) is -1.73. The third kappa shape index (κ3) is 8.91. The molecule has 1 unspecified atom stereocenters. The van der Waals surface area contributed by atoms with Crippen LogP contribution in [0.1, 0.15) is 27.9 Å². The van der Waals surface area contributed by atoms with Gasteiger partial charge in [-0.25, -0.2) is 4.39 Å². The molecule has 34 heavy (non-hydrogen) atoms. The van der Waals surface area contributed by atoms with E-state index in [4.69, 9.17) is 4.74 Å². The zero-order chi connectivity index (χ0) is 25.4. The standard InChI is InChI=1S/C22H21F7N2O3/c23-10-11-30-20(33)18(31-19(32)15-3-5-16(6-4-15)22(27,28)29)13-14-1-7-17(8-2-14)34-12-9-21(24,25)26/h1-8,18H,9-13H2,(H,30,33)(H,31,32). The summed E-state index contributed by atoms with van der Waals surface area (Å²) in [5, 5.41) is 4.69. The summed E-state index contributed by atoms with van der Waals surface area (Å²) >= 11 is 0. The van der Waals surface area contributed by atoms with E-state index in [-0.39, 0.29) is 24.3 Å². The summed E-state index contributed by atoms with van der Waals surface area (Å²) in [6, 6.07) is 7.91. The lowest BCUT2D eigenvalue weighted by Gasteiger charge is -2.19. The fourth-order valence-corrected chi connectivity index (χ4v) is 2.80. The first-order chi connectivity index (χ1) is 15.9. The number of alkyl halides is 7. The average Bonchev–Trinajstić information content (AvgIpc) is 2.76. The fraction of sp³-hybridized carbons (Fsp3) is 0.364. The number of nitrogens with one attached hydrogen (secondary N) is 2. The number of ether oxygens (including phenoxy) is 1. The van der Waals surface area contributed by atoms with Gasteiger partial charge in [0.2, 0.25) is 5.91 Å². The van der Waals surface area contributed by atoms with E-state index in [1.165, 1.54) is 24.3 Å². The Balaban J connectivity index is 2.07. The zero-order valence-electron chi connectivity index (χ0n) is 17.6. The Morgan fingerprint density at radius 2 is 1.53 bits per heavy atom. The molecular weight excluding hydrogens is 473 g/mol. The molecule has 0 fully saturated rings. The molecule has 1 atom stereocenters. The lowest BCUT2D eigenvalue weighted by Crippen LogP contribution is -2.48. The van der Waals surface area contributed by atoms with Crippen molar-refractivity contribution >= 4 is 11.8 Å². The molecule has 12 heteroatoms. The SMILES string of the molecule is O=C(NC(Cc1ccc(OCCC(F)(F)F)cc1)C(=O)NCCF)c1ccc(C(F)(F)F)cc1. The van der Waals surface area contributed by atoms with Crippen LogP contribution in [-0.2, 0) is 17.4 Å². The number of rotatable bonds is 10. The minimum absolute atomic E-state index is 0.0761. The molecule has 0 aliphatic rings. The molecule has 2 aromatic rings. The second-order valence-electron chi connectivity index (χ2n) is 7.14. The van der Waals surface area contributed by atoms with E-state index in [0.29, 0.717) is 5.56 Å². The van der Waals surface area contributed by atoms with Crippen molar-refractivity contribution in [1.82, 2.24) is 10.6 Å². The van der Waals surface area contributed by atoms with Gasteiger partial charge in [-0.15, -0.1) is 0 Å². The molecule has 2 amide bonds. The minimum Gasteiger partial charge on any atom is -0.493 e. The van der Waals surface area contributed by atoms with Gasteiger partial charge >= 0.3 is 12.4 Å². The van der Waals surface area contributed by atoms with Crippen LogP contribution in [0.3, 0.4) is 0 Å². The Labute approximate surface area is 190 Å². The Morgan fingerprint density at radius 3 is 2.06 bits per heavy atom. The van der Waals surface area contributed by atoms with Crippen molar-refractivity contribution in [3.05, 3.63) is 65.2 Å². The van der Waals surface area contributed by atoms with Crippen molar-refractivity contribution in [2.75, 3.05) is 19.8 Å². The lowest BCUT2D eigenvalue weighted by atomic mass is 10.0. The fourth-order valence-electron chi connectivity index (χ4n) is 2.80. The summed E-state index contributed by atoms with van der Waals surface area (Å²) in [5.41, 5.74) is -0.570. The first-order valence-corrected chi connectivity index (χ1v) is 9.99. The number of benzene rings is 2. The highest BCUT2D eigenvalue weighted by Gasteiger charge is 2.30. The number of carbonyl (C=O) groups excluding carboxylic acids is 2. The molecule has 0 saturated carbocycles. The quantitative estimate of drug-likeness (QED) is 0.480. The highest BCUT2D eigenvalue weighted by molar-refractivity contribution is 5.97. The van der Waals surface area contributed by atoms with Crippen molar-refractivity contribution < 1.29 is 45.1 Å². The highest BCUT2D eigenvalue weighted by Crippen LogP contribution is 2.29. The molecule has 2 N–H and O–H groups in total. The number of halogens is 7. The normalized spacial score (nSPS) is 12.7. The van der Waals surface area contributed by atoms with Gasteiger partial charge in [0.25, 0.3) is 5.91 Å². The second kappa shape index (κ2) is 11.7. The second-order valence-corrected chi connectivity index (χ2v) is 7.14. The highest BCUT2D eigenvalue weighted by atomic mass is 19.4. The molecule has 0 radical (unpaired) electrons. The number of hydrogen-bond acceptors (Lipinski definition) is 3. The van der Waals surface area contributed by atoms with Crippen LogP contribution < -0.4 is 15.4 Å². The van der Waals surface area contributed by atoms with Crippen LogP contribution >= 0.6 is 0 Å². The van der Waals surface area contributed by atoms with Gasteiger partial charge in [-0.05, 0) is 42.0 Å². The largest absolute Gasteiger partial charge is 0.493 e. The van der Waals surface area contributed by atoms with Crippen molar-refractivity contribution in [3.8, 4) is 5.75 Å². The summed E-state index contributed by atoms with van der Waals surface area (Å²) < 4.78 is 92.2.